The number of hydrogen-bond donors (Lipinski definition) is 3. The molecule has 0 saturated carbocycles. The number of nitrogens with one attached hydrogen (secondary N) is 3. The lowest BCUT2D eigenvalue weighted by molar-refractivity contribution is -0.116. The Bertz CT molecular complexity index is 743. The fourth-order valence-electron chi connectivity index (χ4n) is 2.39. The second-order valence-corrected chi connectivity index (χ2v) is 6.36. The van der Waals surface area contributed by atoms with E-state index in [9.17, 15) is 9.59 Å². The van der Waals surface area contributed by atoms with Crippen molar-refractivity contribution >= 4 is 35.2 Å². The van der Waals surface area contributed by atoms with E-state index in [0.717, 1.165) is 29.8 Å². The number of H-pyrrole nitrogens is 1. The smallest absolute Gasteiger partial charge is 0.258 e. The van der Waals surface area contributed by atoms with E-state index in [0.29, 0.717) is 23.1 Å². The minimum atomic E-state index is -0.257. The van der Waals surface area contributed by atoms with Crippen LogP contribution in [0.25, 0.3) is 0 Å². The highest BCUT2D eigenvalue weighted by atomic mass is 32.2. The van der Waals surface area contributed by atoms with Gasteiger partial charge < -0.3 is 5.32 Å². The summed E-state index contributed by atoms with van der Waals surface area (Å²) in [5, 5.41) is 12.9. The molecule has 2 aromatic rings. The summed E-state index contributed by atoms with van der Waals surface area (Å²) < 4.78 is 0. The number of aryl methyl sites for hydroxylation is 1. The van der Waals surface area contributed by atoms with Crippen molar-refractivity contribution in [3.8, 4) is 0 Å². The molecule has 1 aromatic carbocycles. The Balaban J connectivity index is 1.74. The predicted octanol–water partition coefficient (Wildman–Crippen LogP) is 2.44. The number of anilines is 2. The van der Waals surface area contributed by atoms with Gasteiger partial charge in [-0.1, -0.05) is 18.7 Å². The minimum absolute atomic E-state index is 0.0172. The highest BCUT2D eigenvalue weighted by molar-refractivity contribution is 7.99. The molecular formula is C15H17N5O2S. The SMILES string of the molecule is CCSc1n[nH]c(NC(=O)c2ccc3c(c2)CCCC(=O)N3)n1. The van der Waals surface area contributed by atoms with E-state index >= 15 is 0 Å². The first-order valence-electron chi connectivity index (χ1n) is 7.45. The summed E-state index contributed by atoms with van der Waals surface area (Å²) >= 11 is 1.50. The first kappa shape index (κ1) is 15.5. The lowest BCUT2D eigenvalue weighted by atomic mass is 10.0. The van der Waals surface area contributed by atoms with Crippen LogP contribution in [-0.4, -0.2) is 32.7 Å². The molecule has 3 N–H and O–H groups in total. The van der Waals surface area contributed by atoms with Crippen molar-refractivity contribution in [3.05, 3.63) is 29.3 Å². The van der Waals surface area contributed by atoms with Crippen LogP contribution in [0, 0.1) is 0 Å². The molecule has 0 atom stereocenters. The van der Waals surface area contributed by atoms with Crippen LogP contribution in [0.1, 0.15) is 35.7 Å². The molecule has 1 aromatic heterocycles. The van der Waals surface area contributed by atoms with Crippen LogP contribution in [0.15, 0.2) is 23.4 Å². The summed E-state index contributed by atoms with van der Waals surface area (Å²) in [5.74, 6) is 0.951. The number of hydrogen-bond acceptors (Lipinski definition) is 5. The van der Waals surface area contributed by atoms with Crippen LogP contribution >= 0.6 is 11.8 Å². The monoisotopic (exact) mass is 331 g/mol. The van der Waals surface area contributed by atoms with Gasteiger partial charge in [-0.3, -0.25) is 14.9 Å². The van der Waals surface area contributed by atoms with Crippen molar-refractivity contribution in [2.75, 3.05) is 16.4 Å². The molecule has 1 aliphatic rings. The standard InChI is InChI=1S/C15H17N5O2S/c1-2-23-15-18-14(19-20-15)17-13(22)10-6-7-11-9(8-10)4-3-5-12(21)16-11/h6-8H,2-5H2,1H3,(H,16,21)(H2,17,18,19,20,22). The van der Waals surface area contributed by atoms with Crippen LogP contribution < -0.4 is 10.6 Å². The quantitative estimate of drug-likeness (QED) is 0.747. The second kappa shape index (κ2) is 6.82. The van der Waals surface area contributed by atoms with Crippen LogP contribution in [0.3, 0.4) is 0 Å². The number of carbonyl (C=O) groups excluding carboxylic acids is 2. The molecule has 3 rings (SSSR count). The Morgan fingerprint density at radius 2 is 2.26 bits per heavy atom. The van der Waals surface area contributed by atoms with Crippen molar-refractivity contribution in [1.29, 1.82) is 0 Å². The highest BCUT2D eigenvalue weighted by Crippen LogP contribution is 2.23. The molecule has 120 valence electrons. The molecule has 2 amide bonds. The predicted molar refractivity (Wildman–Crippen MR) is 88.7 cm³/mol. The van der Waals surface area contributed by atoms with Gasteiger partial charge in [-0.2, -0.15) is 4.98 Å². The molecule has 0 unspecified atom stereocenters. The van der Waals surface area contributed by atoms with E-state index < -0.39 is 0 Å². The first-order chi connectivity index (χ1) is 11.2. The van der Waals surface area contributed by atoms with Crippen molar-refractivity contribution in [2.45, 2.75) is 31.3 Å². The first-order valence-corrected chi connectivity index (χ1v) is 8.43. The second-order valence-electron chi connectivity index (χ2n) is 5.13. The largest absolute Gasteiger partial charge is 0.326 e. The van der Waals surface area contributed by atoms with Crippen LogP contribution in [0.4, 0.5) is 11.6 Å². The van der Waals surface area contributed by atoms with E-state index in [-0.39, 0.29) is 11.8 Å². The summed E-state index contributed by atoms with van der Waals surface area (Å²) in [4.78, 5) is 28.1. The summed E-state index contributed by atoms with van der Waals surface area (Å²) in [5.41, 5.74) is 2.29. The zero-order valence-corrected chi connectivity index (χ0v) is 13.5. The van der Waals surface area contributed by atoms with Gasteiger partial charge in [0.1, 0.15) is 0 Å². The number of carbonyl (C=O) groups is 2. The van der Waals surface area contributed by atoms with Gasteiger partial charge in [-0.15, -0.1) is 5.10 Å². The number of amides is 2. The zero-order valence-electron chi connectivity index (χ0n) is 12.7. The molecule has 8 heteroatoms. The Morgan fingerprint density at radius 3 is 3.09 bits per heavy atom. The van der Waals surface area contributed by atoms with Gasteiger partial charge in [0.05, 0.1) is 0 Å². The van der Waals surface area contributed by atoms with Gasteiger partial charge in [0, 0.05) is 17.7 Å². The molecule has 1 aliphatic heterocycles. The summed E-state index contributed by atoms with van der Waals surface area (Å²) in [6.45, 7) is 2.01. The Hall–Kier alpha value is -2.35. The molecule has 7 nitrogen and oxygen atoms in total. The molecule has 0 aliphatic carbocycles. The maximum absolute atomic E-state index is 12.3. The van der Waals surface area contributed by atoms with Gasteiger partial charge in [0.15, 0.2) is 0 Å². The van der Waals surface area contributed by atoms with Gasteiger partial charge >= 0.3 is 0 Å². The molecule has 2 heterocycles. The van der Waals surface area contributed by atoms with E-state index in [1.54, 1.807) is 12.1 Å². The van der Waals surface area contributed by atoms with E-state index in [2.05, 4.69) is 25.8 Å². The van der Waals surface area contributed by atoms with Crippen molar-refractivity contribution in [1.82, 2.24) is 15.2 Å². The van der Waals surface area contributed by atoms with Crippen LogP contribution in [0.5, 0.6) is 0 Å². The molecule has 0 fully saturated rings. The Labute approximate surface area is 137 Å². The maximum atomic E-state index is 12.3. The lowest BCUT2D eigenvalue weighted by Gasteiger charge is -2.08. The third-order valence-corrected chi connectivity index (χ3v) is 4.19. The average Bonchev–Trinajstić information content (AvgIpc) is 2.87. The summed E-state index contributed by atoms with van der Waals surface area (Å²) in [6.07, 6.45) is 2.06. The third-order valence-electron chi connectivity index (χ3n) is 3.46. The van der Waals surface area contributed by atoms with E-state index in [1.165, 1.54) is 11.8 Å². The van der Waals surface area contributed by atoms with Crippen molar-refractivity contribution in [3.63, 3.8) is 0 Å². The van der Waals surface area contributed by atoms with Gasteiger partial charge in [0.2, 0.25) is 17.0 Å². The number of nitrogens with zero attached hydrogens (tertiary/aromatic N) is 2. The van der Waals surface area contributed by atoms with Gasteiger partial charge in [-0.05, 0) is 42.4 Å². The molecule has 0 bridgehead atoms. The fraction of sp³-hybridized carbons (Fsp3) is 0.333. The number of aromatic amines is 1. The summed E-state index contributed by atoms with van der Waals surface area (Å²) in [6, 6.07) is 5.28. The molecule has 0 saturated heterocycles. The normalized spacial score (nSPS) is 13.9. The van der Waals surface area contributed by atoms with Gasteiger partial charge in [0.25, 0.3) is 5.91 Å². The number of benzene rings is 1. The van der Waals surface area contributed by atoms with Crippen LogP contribution in [0.2, 0.25) is 0 Å². The van der Waals surface area contributed by atoms with E-state index in [1.807, 2.05) is 13.0 Å². The molecule has 0 radical (unpaired) electrons. The number of rotatable bonds is 4. The van der Waals surface area contributed by atoms with E-state index in [4.69, 9.17) is 0 Å². The fourth-order valence-corrected chi connectivity index (χ4v) is 2.92. The summed E-state index contributed by atoms with van der Waals surface area (Å²) in [7, 11) is 0. The van der Waals surface area contributed by atoms with Crippen molar-refractivity contribution in [2.24, 2.45) is 0 Å². The van der Waals surface area contributed by atoms with Gasteiger partial charge in [-0.25, -0.2) is 5.10 Å². The number of fused-ring (bicyclic) bond motifs is 1. The maximum Gasteiger partial charge on any atom is 0.258 e. The Morgan fingerprint density at radius 1 is 1.39 bits per heavy atom. The number of aromatic nitrogens is 3. The Kier molecular flexibility index (Phi) is 4.61. The lowest BCUT2D eigenvalue weighted by Crippen LogP contribution is -2.14. The third kappa shape index (κ3) is 3.70. The average molecular weight is 331 g/mol. The molecule has 0 spiro atoms. The highest BCUT2D eigenvalue weighted by Gasteiger charge is 2.16. The van der Waals surface area contributed by atoms with Crippen LogP contribution in [-0.2, 0) is 11.2 Å². The topological polar surface area (TPSA) is 99.8 Å². The zero-order chi connectivity index (χ0) is 16.2. The number of thioether (sulfide) groups is 1. The molecular weight excluding hydrogens is 314 g/mol. The van der Waals surface area contributed by atoms with Crippen molar-refractivity contribution < 1.29 is 9.59 Å². The molecule has 23 heavy (non-hydrogen) atoms. The minimum Gasteiger partial charge on any atom is -0.326 e.